The van der Waals surface area contributed by atoms with Crippen molar-refractivity contribution < 1.29 is 19.0 Å². The van der Waals surface area contributed by atoms with Gasteiger partial charge in [0.2, 0.25) is 0 Å². The average molecular weight is 530 g/mol. The molecule has 0 bridgehead atoms. The summed E-state index contributed by atoms with van der Waals surface area (Å²) in [5.41, 5.74) is 4.30. The van der Waals surface area contributed by atoms with Gasteiger partial charge in [0.15, 0.2) is 0 Å². The van der Waals surface area contributed by atoms with Gasteiger partial charge in [-0.25, -0.2) is 9.37 Å². The van der Waals surface area contributed by atoms with Gasteiger partial charge in [0.1, 0.15) is 11.6 Å². The molecule has 6 rings (SSSR count). The molecule has 38 heavy (non-hydrogen) atoms. The highest BCUT2D eigenvalue weighted by Crippen LogP contribution is 2.36. The maximum Gasteiger partial charge on any atom is 0.252 e. The van der Waals surface area contributed by atoms with Crippen LogP contribution in [0.5, 0.6) is 5.75 Å². The lowest BCUT2D eigenvalue weighted by atomic mass is 9.80. The molecule has 2 heterocycles. The van der Waals surface area contributed by atoms with Crippen LogP contribution in [0.1, 0.15) is 28.0 Å². The van der Waals surface area contributed by atoms with E-state index in [1.165, 1.54) is 6.07 Å². The Labute approximate surface area is 223 Å². The zero-order chi connectivity index (χ0) is 26.4. The molecule has 0 saturated heterocycles. The van der Waals surface area contributed by atoms with Crippen molar-refractivity contribution in [3.63, 3.8) is 0 Å². The summed E-state index contributed by atoms with van der Waals surface area (Å²) in [6.07, 6.45) is 1.46. The molecule has 0 aliphatic heterocycles. The van der Waals surface area contributed by atoms with Crippen molar-refractivity contribution in [2.45, 2.75) is 24.8 Å². The molecule has 1 unspecified atom stereocenters. The molecule has 1 amide bonds. The summed E-state index contributed by atoms with van der Waals surface area (Å²) in [5.74, 6) is -0.218. The number of methoxy groups -OCH3 is 1. The summed E-state index contributed by atoms with van der Waals surface area (Å²) >= 11 is 5.99. The molecule has 0 saturated carbocycles. The highest BCUT2D eigenvalue weighted by Gasteiger charge is 2.38. The van der Waals surface area contributed by atoms with Crippen molar-refractivity contribution >= 4 is 39.3 Å². The smallest absolute Gasteiger partial charge is 0.252 e. The first kappa shape index (κ1) is 24.4. The fourth-order valence-corrected chi connectivity index (χ4v) is 5.54. The van der Waals surface area contributed by atoms with E-state index in [-0.39, 0.29) is 17.5 Å². The predicted molar refractivity (Wildman–Crippen MR) is 146 cm³/mol. The molecule has 3 N–H and O–H groups in total. The lowest BCUT2D eigenvalue weighted by Crippen LogP contribution is -2.54. The molecule has 3 aromatic carbocycles. The number of halogens is 2. The number of hydrogen-bond acceptors (Lipinski definition) is 4. The number of ether oxygens (including phenoxy) is 1. The summed E-state index contributed by atoms with van der Waals surface area (Å²) in [4.78, 5) is 22.0. The molecule has 1 atom stereocenters. The van der Waals surface area contributed by atoms with Crippen molar-refractivity contribution in [3.8, 4) is 17.0 Å². The van der Waals surface area contributed by atoms with Crippen LogP contribution in [0.2, 0.25) is 5.02 Å². The standard InChI is InChI=1S/C30H25ClFN3O3/c1-38-18-7-8-25-19(11-18)21(13-27(33-25)17-5-3-2-4-6-17)29(37)35-30(16-36)10-9-26-22(15-30)20-12-24(32)23(31)14-28(20)34-26/h2-8,11-14,34,36H,9-10,15-16H2,1H3,(H,35,37). The Balaban J connectivity index is 1.41. The quantitative estimate of drug-likeness (QED) is 0.267. The van der Waals surface area contributed by atoms with Crippen LogP contribution in [0.15, 0.2) is 66.7 Å². The molecule has 1 aliphatic carbocycles. The summed E-state index contributed by atoms with van der Waals surface area (Å²) in [6.45, 7) is -0.265. The number of amides is 1. The zero-order valence-electron chi connectivity index (χ0n) is 20.6. The fraction of sp³-hybridized carbons (Fsp3) is 0.200. The van der Waals surface area contributed by atoms with E-state index in [0.717, 1.165) is 22.3 Å². The van der Waals surface area contributed by atoms with Crippen LogP contribution < -0.4 is 10.1 Å². The van der Waals surface area contributed by atoms with Gasteiger partial charge in [0.25, 0.3) is 5.91 Å². The van der Waals surface area contributed by atoms with Crippen LogP contribution in [0.4, 0.5) is 4.39 Å². The number of nitrogens with zero attached hydrogens (tertiary/aromatic N) is 1. The van der Waals surface area contributed by atoms with Gasteiger partial charge in [-0.05, 0) is 54.8 Å². The minimum atomic E-state index is -0.920. The number of pyridine rings is 1. The highest BCUT2D eigenvalue weighted by molar-refractivity contribution is 6.31. The van der Waals surface area contributed by atoms with E-state index in [9.17, 15) is 14.3 Å². The molecule has 0 radical (unpaired) electrons. The first-order chi connectivity index (χ1) is 18.4. The minimum Gasteiger partial charge on any atom is -0.497 e. The monoisotopic (exact) mass is 529 g/mol. The Kier molecular flexibility index (Phi) is 6.05. The van der Waals surface area contributed by atoms with Crippen LogP contribution >= 0.6 is 11.6 Å². The number of rotatable bonds is 5. The van der Waals surface area contributed by atoms with Crippen LogP contribution in [0, 0.1) is 5.82 Å². The summed E-state index contributed by atoms with van der Waals surface area (Å²) in [6, 6.07) is 19.9. The highest BCUT2D eigenvalue weighted by atomic mass is 35.5. The van der Waals surface area contributed by atoms with Gasteiger partial charge in [-0.2, -0.15) is 0 Å². The predicted octanol–water partition coefficient (Wildman–Crippen LogP) is 5.83. The second-order valence-corrected chi connectivity index (χ2v) is 10.2. The molecule has 8 heteroatoms. The zero-order valence-corrected chi connectivity index (χ0v) is 21.4. The molecular weight excluding hydrogens is 505 g/mol. The Hall–Kier alpha value is -3.94. The lowest BCUT2D eigenvalue weighted by Gasteiger charge is -2.36. The Bertz CT molecular complexity index is 1700. The number of aromatic nitrogens is 2. The topological polar surface area (TPSA) is 87.2 Å². The van der Waals surface area contributed by atoms with Gasteiger partial charge in [-0.15, -0.1) is 0 Å². The van der Waals surface area contributed by atoms with Gasteiger partial charge in [-0.3, -0.25) is 4.79 Å². The molecule has 6 nitrogen and oxygen atoms in total. The summed E-state index contributed by atoms with van der Waals surface area (Å²) < 4.78 is 19.7. The lowest BCUT2D eigenvalue weighted by molar-refractivity contribution is 0.0810. The van der Waals surface area contributed by atoms with Crippen molar-refractivity contribution in [2.24, 2.45) is 0 Å². The van der Waals surface area contributed by atoms with Crippen LogP contribution in [0.3, 0.4) is 0 Å². The first-order valence-corrected chi connectivity index (χ1v) is 12.7. The third-order valence-electron chi connectivity index (χ3n) is 7.42. The number of carbonyl (C=O) groups excluding carboxylic acids is 1. The van der Waals surface area contributed by atoms with Gasteiger partial charge >= 0.3 is 0 Å². The Morgan fingerprint density at radius 3 is 2.74 bits per heavy atom. The summed E-state index contributed by atoms with van der Waals surface area (Å²) in [7, 11) is 1.57. The number of aryl methyl sites for hydroxylation is 1. The molecule has 0 fully saturated rings. The number of hydrogen-bond donors (Lipinski definition) is 3. The number of carbonyl (C=O) groups is 1. The molecule has 0 spiro atoms. The van der Waals surface area contributed by atoms with Gasteiger partial charge in [0.05, 0.1) is 41.1 Å². The number of benzene rings is 3. The van der Waals surface area contributed by atoms with Crippen molar-refractivity contribution in [1.82, 2.24) is 15.3 Å². The third kappa shape index (κ3) is 4.18. The third-order valence-corrected chi connectivity index (χ3v) is 7.71. The van der Waals surface area contributed by atoms with Crippen molar-refractivity contribution in [3.05, 3.63) is 94.4 Å². The number of fused-ring (bicyclic) bond motifs is 4. The van der Waals surface area contributed by atoms with Gasteiger partial charge in [-0.1, -0.05) is 41.9 Å². The maximum absolute atomic E-state index is 14.3. The number of H-pyrrole nitrogens is 1. The first-order valence-electron chi connectivity index (χ1n) is 12.4. The summed E-state index contributed by atoms with van der Waals surface area (Å²) in [5, 5.41) is 15.1. The second-order valence-electron chi connectivity index (χ2n) is 9.77. The van der Waals surface area contributed by atoms with E-state index in [1.54, 1.807) is 25.3 Å². The molecule has 1 aliphatic rings. The Morgan fingerprint density at radius 2 is 1.97 bits per heavy atom. The molecule has 192 valence electrons. The van der Waals surface area contributed by atoms with E-state index >= 15 is 0 Å². The number of aliphatic hydroxyl groups is 1. The normalized spacial score (nSPS) is 16.9. The number of aliphatic hydroxyl groups excluding tert-OH is 1. The molecule has 5 aromatic rings. The second kappa shape index (κ2) is 9.42. The molecule has 2 aromatic heterocycles. The van der Waals surface area contributed by atoms with E-state index in [0.29, 0.717) is 52.6 Å². The van der Waals surface area contributed by atoms with Crippen LogP contribution in [0.25, 0.3) is 33.1 Å². The van der Waals surface area contributed by atoms with Gasteiger partial charge in [0, 0.05) is 34.0 Å². The van der Waals surface area contributed by atoms with Crippen LogP contribution in [-0.2, 0) is 12.8 Å². The van der Waals surface area contributed by atoms with E-state index < -0.39 is 11.4 Å². The average Bonchev–Trinajstić information content (AvgIpc) is 3.28. The van der Waals surface area contributed by atoms with E-state index in [2.05, 4.69) is 10.3 Å². The van der Waals surface area contributed by atoms with E-state index in [1.807, 2.05) is 42.5 Å². The van der Waals surface area contributed by atoms with Gasteiger partial charge < -0.3 is 20.1 Å². The maximum atomic E-state index is 14.3. The largest absolute Gasteiger partial charge is 0.497 e. The fourth-order valence-electron chi connectivity index (χ4n) is 5.37. The number of aromatic amines is 1. The van der Waals surface area contributed by atoms with E-state index in [4.69, 9.17) is 21.3 Å². The van der Waals surface area contributed by atoms with Crippen LogP contribution in [-0.4, -0.2) is 40.2 Å². The molecular formula is C30H25ClFN3O3. The van der Waals surface area contributed by atoms with Crippen molar-refractivity contribution in [1.29, 1.82) is 0 Å². The number of nitrogens with one attached hydrogen (secondary N) is 2. The van der Waals surface area contributed by atoms with Crippen molar-refractivity contribution in [2.75, 3.05) is 13.7 Å². The SMILES string of the molecule is COc1ccc2nc(-c3ccccc3)cc(C(=O)NC3(CO)CCc4[nH]c5cc(Cl)c(F)cc5c4C3)c2c1. The minimum absolute atomic E-state index is 0.0482. The Morgan fingerprint density at radius 1 is 1.16 bits per heavy atom.